The van der Waals surface area contributed by atoms with Gasteiger partial charge >= 0.3 is 0 Å². The Hall–Kier alpha value is -3.48. The number of fused-ring (bicyclic) bond motifs is 1. The molecule has 0 bridgehead atoms. The third kappa shape index (κ3) is 2.76. The molecule has 0 saturated heterocycles. The number of rotatable bonds is 3. The van der Waals surface area contributed by atoms with Gasteiger partial charge in [0, 0.05) is 11.4 Å². The lowest BCUT2D eigenvalue weighted by atomic mass is 9.95. The molecule has 1 atom stereocenters. The van der Waals surface area contributed by atoms with E-state index in [0.717, 1.165) is 16.9 Å². The van der Waals surface area contributed by atoms with Crippen LogP contribution in [-0.2, 0) is 4.79 Å². The minimum absolute atomic E-state index is 0.189. The average molecular weight is 332 g/mol. The van der Waals surface area contributed by atoms with Gasteiger partial charge in [-0.2, -0.15) is 4.68 Å². The van der Waals surface area contributed by atoms with E-state index in [9.17, 15) is 4.79 Å². The molecule has 0 fully saturated rings. The molecule has 7 nitrogen and oxygen atoms in total. The number of anilines is 2. The highest BCUT2D eigenvalue weighted by Gasteiger charge is 2.33. The van der Waals surface area contributed by atoms with Gasteiger partial charge in [0.05, 0.1) is 5.57 Å². The highest BCUT2D eigenvalue weighted by atomic mass is 16.1. The Morgan fingerprint density at radius 1 is 1.08 bits per heavy atom. The number of aromatic nitrogens is 4. The molecule has 3 aromatic rings. The SMILES string of the molecule is CC1=C(C(=O)Nc2ccccc2)C(c2ccccc2)n2nnnc2N1. The number of hydrogen-bond acceptors (Lipinski definition) is 5. The number of carbonyl (C=O) groups is 1. The lowest BCUT2D eigenvalue weighted by Crippen LogP contribution is -2.31. The van der Waals surface area contributed by atoms with Gasteiger partial charge < -0.3 is 10.6 Å². The van der Waals surface area contributed by atoms with Crippen LogP contribution in [0.2, 0.25) is 0 Å². The molecular formula is C18H16N6O. The summed E-state index contributed by atoms with van der Waals surface area (Å²) in [5, 5.41) is 17.8. The van der Waals surface area contributed by atoms with E-state index in [4.69, 9.17) is 0 Å². The number of amides is 1. The molecule has 0 spiro atoms. The van der Waals surface area contributed by atoms with Gasteiger partial charge in [-0.15, -0.1) is 0 Å². The lowest BCUT2D eigenvalue weighted by molar-refractivity contribution is -0.113. The maximum Gasteiger partial charge on any atom is 0.255 e. The van der Waals surface area contributed by atoms with Crippen LogP contribution in [0.15, 0.2) is 71.9 Å². The second kappa shape index (κ2) is 6.20. The molecule has 4 rings (SSSR count). The zero-order chi connectivity index (χ0) is 17.2. The van der Waals surface area contributed by atoms with E-state index < -0.39 is 6.04 Å². The molecule has 1 aliphatic heterocycles. The van der Waals surface area contributed by atoms with E-state index in [2.05, 4.69) is 26.2 Å². The van der Waals surface area contributed by atoms with Crippen LogP contribution in [0, 0.1) is 0 Å². The van der Waals surface area contributed by atoms with Crippen molar-refractivity contribution in [2.75, 3.05) is 10.6 Å². The predicted octanol–water partition coefficient (Wildman–Crippen LogP) is 2.60. The van der Waals surface area contributed by atoms with Crippen molar-refractivity contribution in [2.24, 2.45) is 0 Å². The van der Waals surface area contributed by atoms with Gasteiger partial charge in [-0.05, 0) is 35.0 Å². The molecule has 1 amide bonds. The van der Waals surface area contributed by atoms with Crippen LogP contribution in [0.1, 0.15) is 18.5 Å². The second-order valence-corrected chi connectivity index (χ2v) is 5.74. The van der Waals surface area contributed by atoms with E-state index in [1.807, 2.05) is 67.6 Å². The van der Waals surface area contributed by atoms with Crippen molar-refractivity contribution < 1.29 is 4.79 Å². The minimum Gasteiger partial charge on any atom is -0.326 e. The van der Waals surface area contributed by atoms with Crippen molar-refractivity contribution >= 4 is 17.5 Å². The smallest absolute Gasteiger partial charge is 0.255 e. The lowest BCUT2D eigenvalue weighted by Gasteiger charge is -2.27. The fourth-order valence-corrected chi connectivity index (χ4v) is 2.97. The first kappa shape index (κ1) is 15.1. The maximum atomic E-state index is 13.0. The van der Waals surface area contributed by atoms with Gasteiger partial charge in [-0.3, -0.25) is 4.79 Å². The average Bonchev–Trinajstić information content (AvgIpc) is 3.10. The number of nitrogens with one attached hydrogen (secondary N) is 2. The highest BCUT2D eigenvalue weighted by Crippen LogP contribution is 2.34. The Bertz CT molecular complexity index is 932. The monoisotopic (exact) mass is 332 g/mol. The molecule has 2 N–H and O–H groups in total. The van der Waals surface area contributed by atoms with E-state index in [-0.39, 0.29) is 5.91 Å². The molecule has 25 heavy (non-hydrogen) atoms. The molecule has 0 radical (unpaired) electrons. The topological polar surface area (TPSA) is 84.7 Å². The largest absolute Gasteiger partial charge is 0.326 e. The first-order valence-electron chi connectivity index (χ1n) is 7.91. The number of tetrazole rings is 1. The van der Waals surface area contributed by atoms with Gasteiger partial charge in [0.15, 0.2) is 0 Å². The molecule has 2 aromatic carbocycles. The van der Waals surface area contributed by atoms with Crippen molar-refractivity contribution in [2.45, 2.75) is 13.0 Å². The third-order valence-corrected chi connectivity index (χ3v) is 4.11. The van der Waals surface area contributed by atoms with Crippen LogP contribution in [0.4, 0.5) is 11.6 Å². The summed E-state index contributed by atoms with van der Waals surface area (Å²) in [6.45, 7) is 1.86. The molecule has 124 valence electrons. The van der Waals surface area contributed by atoms with Crippen LogP contribution in [0.3, 0.4) is 0 Å². The summed E-state index contributed by atoms with van der Waals surface area (Å²) in [6, 6.07) is 18.7. The normalized spacial score (nSPS) is 16.1. The molecular weight excluding hydrogens is 316 g/mol. The first-order valence-corrected chi connectivity index (χ1v) is 7.91. The van der Waals surface area contributed by atoms with Crippen molar-refractivity contribution in [3.63, 3.8) is 0 Å². The van der Waals surface area contributed by atoms with Crippen LogP contribution < -0.4 is 10.6 Å². The maximum absolute atomic E-state index is 13.0. The molecule has 0 saturated carbocycles. The number of para-hydroxylation sites is 1. The van der Waals surface area contributed by atoms with Crippen LogP contribution in [0.25, 0.3) is 0 Å². The van der Waals surface area contributed by atoms with Crippen LogP contribution in [0.5, 0.6) is 0 Å². The van der Waals surface area contributed by atoms with Crippen molar-refractivity contribution in [1.82, 2.24) is 20.2 Å². The fraction of sp³-hybridized carbons (Fsp3) is 0.111. The molecule has 1 aliphatic rings. The highest BCUT2D eigenvalue weighted by molar-refractivity contribution is 6.05. The summed E-state index contributed by atoms with van der Waals surface area (Å²) in [5.41, 5.74) is 2.98. The summed E-state index contributed by atoms with van der Waals surface area (Å²) in [5.74, 6) is 0.328. The zero-order valence-electron chi connectivity index (χ0n) is 13.5. The van der Waals surface area contributed by atoms with Crippen LogP contribution in [-0.4, -0.2) is 26.1 Å². The number of hydrogen-bond donors (Lipinski definition) is 2. The van der Waals surface area contributed by atoms with E-state index in [1.165, 1.54) is 0 Å². The molecule has 2 heterocycles. The summed E-state index contributed by atoms with van der Waals surface area (Å²) in [7, 11) is 0. The van der Waals surface area contributed by atoms with Crippen molar-refractivity contribution in [1.29, 1.82) is 0 Å². The van der Waals surface area contributed by atoms with Gasteiger partial charge in [0.25, 0.3) is 5.91 Å². The molecule has 7 heteroatoms. The molecule has 0 aliphatic carbocycles. The van der Waals surface area contributed by atoms with Crippen LogP contribution >= 0.6 is 0 Å². The summed E-state index contributed by atoms with van der Waals surface area (Å²) >= 11 is 0. The summed E-state index contributed by atoms with van der Waals surface area (Å²) in [4.78, 5) is 13.0. The Morgan fingerprint density at radius 3 is 2.48 bits per heavy atom. The van der Waals surface area contributed by atoms with Gasteiger partial charge in [0.1, 0.15) is 6.04 Å². The van der Waals surface area contributed by atoms with E-state index in [0.29, 0.717) is 11.5 Å². The summed E-state index contributed by atoms with van der Waals surface area (Å²) in [6.07, 6.45) is 0. The van der Waals surface area contributed by atoms with Gasteiger partial charge in [-0.1, -0.05) is 53.6 Å². The van der Waals surface area contributed by atoms with Gasteiger partial charge in [0.2, 0.25) is 5.95 Å². The first-order chi connectivity index (χ1) is 12.2. The second-order valence-electron chi connectivity index (χ2n) is 5.74. The van der Waals surface area contributed by atoms with Crippen molar-refractivity contribution in [3.05, 3.63) is 77.5 Å². The number of carbonyl (C=O) groups excluding carboxylic acids is 1. The Morgan fingerprint density at radius 2 is 1.76 bits per heavy atom. The third-order valence-electron chi connectivity index (χ3n) is 4.11. The van der Waals surface area contributed by atoms with Gasteiger partial charge in [-0.25, -0.2) is 0 Å². The Labute approximate surface area is 144 Å². The number of benzene rings is 2. The minimum atomic E-state index is -0.392. The molecule has 1 unspecified atom stereocenters. The standard InChI is InChI=1S/C18H16N6O/c1-12-15(17(25)20-14-10-6-3-7-11-14)16(13-8-4-2-5-9-13)24-18(19-12)21-22-23-24/h2-11,16H,1H3,(H,20,25)(H,19,21,23). The predicted molar refractivity (Wildman–Crippen MR) is 93.8 cm³/mol. The number of nitrogens with zero attached hydrogens (tertiary/aromatic N) is 4. The van der Waals surface area contributed by atoms with Crippen molar-refractivity contribution in [3.8, 4) is 0 Å². The fourth-order valence-electron chi connectivity index (χ4n) is 2.97. The summed E-state index contributed by atoms with van der Waals surface area (Å²) < 4.78 is 1.63. The number of allylic oxidation sites excluding steroid dienone is 1. The van der Waals surface area contributed by atoms with E-state index in [1.54, 1.807) is 4.68 Å². The molecule has 1 aromatic heterocycles. The van der Waals surface area contributed by atoms with E-state index >= 15 is 0 Å². The Balaban J connectivity index is 1.77. The quantitative estimate of drug-likeness (QED) is 0.770. The zero-order valence-corrected chi connectivity index (χ0v) is 13.5. The Kier molecular flexibility index (Phi) is 3.74.